The molecule has 1 heterocycles. The van der Waals surface area contributed by atoms with Crippen molar-refractivity contribution in [3.8, 4) is 0 Å². The Bertz CT molecular complexity index is 792. The number of benzene rings is 1. The number of hydrogen-bond donors (Lipinski definition) is 1. The van der Waals surface area contributed by atoms with Crippen molar-refractivity contribution in [1.29, 1.82) is 0 Å². The highest BCUT2D eigenvalue weighted by Gasteiger charge is 2.36. The third-order valence-corrected chi connectivity index (χ3v) is 6.86. The van der Waals surface area contributed by atoms with E-state index in [-0.39, 0.29) is 5.25 Å². The lowest BCUT2D eigenvalue weighted by atomic mass is 9.93. The predicted molar refractivity (Wildman–Crippen MR) is 84.7 cm³/mol. The average Bonchev–Trinajstić information content (AvgIpc) is 3.27. The maximum Gasteiger partial charge on any atom is 0.181 e. The van der Waals surface area contributed by atoms with Crippen molar-refractivity contribution in [2.45, 2.75) is 54.8 Å². The third-order valence-electron chi connectivity index (χ3n) is 4.58. The average molecular weight is 333 g/mol. The molecule has 2 aliphatic carbocycles. The van der Waals surface area contributed by atoms with Crippen LogP contribution < -0.4 is 5.32 Å². The first kappa shape index (κ1) is 14.6. The van der Waals surface area contributed by atoms with E-state index in [9.17, 15) is 8.42 Å². The van der Waals surface area contributed by atoms with Crippen LogP contribution in [0.1, 0.15) is 44.0 Å². The normalized spacial score (nSPS) is 18.6. The Morgan fingerprint density at radius 3 is 2.48 bits per heavy atom. The van der Waals surface area contributed by atoms with Gasteiger partial charge in [0.25, 0.3) is 0 Å². The molecule has 0 saturated heterocycles. The number of nitrogens with one attached hydrogen (secondary N) is 1. The molecule has 0 atom stereocenters. The van der Waals surface area contributed by atoms with Crippen LogP contribution in [-0.2, 0) is 16.4 Å². The van der Waals surface area contributed by atoms with Gasteiger partial charge in [-0.2, -0.15) is 0 Å². The quantitative estimate of drug-likeness (QED) is 0.869. The molecular formula is C15H19N5O2S. The van der Waals surface area contributed by atoms with E-state index in [1.54, 1.807) is 24.3 Å². The summed E-state index contributed by atoms with van der Waals surface area (Å²) in [7, 11) is -3.12. The van der Waals surface area contributed by atoms with Gasteiger partial charge in [0, 0.05) is 5.69 Å². The fourth-order valence-electron chi connectivity index (χ4n) is 2.76. The molecule has 2 fully saturated rings. The smallest absolute Gasteiger partial charge is 0.181 e. The molecule has 0 aliphatic heterocycles. The molecule has 0 bridgehead atoms. The van der Waals surface area contributed by atoms with Crippen LogP contribution in [0.5, 0.6) is 0 Å². The molecule has 8 heteroatoms. The second-order valence-corrected chi connectivity index (χ2v) is 8.47. The van der Waals surface area contributed by atoms with E-state index < -0.39 is 9.84 Å². The Morgan fingerprint density at radius 2 is 1.87 bits per heavy atom. The van der Waals surface area contributed by atoms with Gasteiger partial charge >= 0.3 is 0 Å². The van der Waals surface area contributed by atoms with E-state index in [2.05, 4.69) is 20.8 Å². The summed E-state index contributed by atoms with van der Waals surface area (Å²) in [6.45, 7) is 0.526. The van der Waals surface area contributed by atoms with Crippen molar-refractivity contribution in [1.82, 2.24) is 20.2 Å². The highest BCUT2D eigenvalue weighted by molar-refractivity contribution is 7.92. The number of nitrogens with zero attached hydrogens (tertiary/aromatic N) is 4. The number of hydrogen-bond acceptors (Lipinski definition) is 6. The second kappa shape index (κ2) is 5.59. The van der Waals surface area contributed by atoms with Crippen molar-refractivity contribution >= 4 is 15.5 Å². The number of sulfone groups is 1. The first-order valence-electron chi connectivity index (χ1n) is 7.99. The Balaban J connectivity index is 1.42. The van der Waals surface area contributed by atoms with Crippen LogP contribution in [0, 0.1) is 0 Å². The summed E-state index contributed by atoms with van der Waals surface area (Å²) in [5.74, 6) is 0.810. The summed E-state index contributed by atoms with van der Waals surface area (Å²) in [6, 6.07) is 7.36. The van der Waals surface area contributed by atoms with Gasteiger partial charge in [-0.15, -0.1) is 5.10 Å². The van der Waals surface area contributed by atoms with Gasteiger partial charge in [0.2, 0.25) is 0 Å². The van der Waals surface area contributed by atoms with Crippen LogP contribution >= 0.6 is 0 Å². The van der Waals surface area contributed by atoms with Gasteiger partial charge in [-0.25, -0.2) is 13.1 Å². The molecular weight excluding hydrogens is 314 g/mol. The van der Waals surface area contributed by atoms with Gasteiger partial charge in [-0.05, 0) is 66.8 Å². The monoisotopic (exact) mass is 333 g/mol. The molecule has 7 nitrogen and oxygen atoms in total. The largest absolute Gasteiger partial charge is 0.378 e. The number of tetrazole rings is 1. The van der Waals surface area contributed by atoms with Crippen molar-refractivity contribution in [3.05, 3.63) is 30.1 Å². The maximum absolute atomic E-state index is 12.2. The van der Waals surface area contributed by atoms with E-state index in [0.717, 1.165) is 37.2 Å². The highest BCUT2D eigenvalue weighted by Crippen LogP contribution is 2.34. The zero-order valence-corrected chi connectivity index (χ0v) is 13.5. The van der Waals surface area contributed by atoms with Gasteiger partial charge in [0.15, 0.2) is 15.7 Å². The molecule has 1 N–H and O–H groups in total. The van der Waals surface area contributed by atoms with E-state index in [1.165, 1.54) is 6.42 Å². The second-order valence-electron chi connectivity index (χ2n) is 6.25. The fraction of sp³-hybridized carbons (Fsp3) is 0.533. The molecule has 2 aliphatic rings. The Hall–Kier alpha value is -1.96. The summed E-state index contributed by atoms with van der Waals surface area (Å²) in [6.07, 6.45) is 5.06. The van der Waals surface area contributed by atoms with Crippen LogP contribution in [0.2, 0.25) is 0 Å². The molecule has 2 saturated carbocycles. The Kier molecular flexibility index (Phi) is 3.56. The summed E-state index contributed by atoms with van der Waals surface area (Å²) in [4.78, 5) is 0.407. The highest BCUT2D eigenvalue weighted by atomic mass is 32.2. The number of rotatable bonds is 6. The van der Waals surface area contributed by atoms with Crippen LogP contribution in [0.4, 0.5) is 5.69 Å². The lowest BCUT2D eigenvalue weighted by Gasteiger charge is -2.25. The maximum atomic E-state index is 12.2. The van der Waals surface area contributed by atoms with Crippen LogP contribution in [0.15, 0.2) is 29.2 Å². The molecule has 23 heavy (non-hydrogen) atoms. The van der Waals surface area contributed by atoms with E-state index >= 15 is 0 Å². The SMILES string of the molecule is O=S(=O)(c1ccc(NCc2nnnn2C2CCC2)cc1)C1CC1. The lowest BCUT2D eigenvalue weighted by molar-refractivity contribution is 0.278. The molecule has 1 aromatic heterocycles. The Morgan fingerprint density at radius 1 is 1.13 bits per heavy atom. The number of aromatic nitrogens is 4. The van der Waals surface area contributed by atoms with E-state index in [0.29, 0.717) is 17.5 Å². The Labute approximate surface area is 135 Å². The van der Waals surface area contributed by atoms with Gasteiger partial charge < -0.3 is 5.32 Å². The third kappa shape index (κ3) is 2.83. The zero-order valence-electron chi connectivity index (χ0n) is 12.7. The molecule has 0 unspecified atom stereocenters. The first-order valence-corrected chi connectivity index (χ1v) is 9.54. The van der Waals surface area contributed by atoms with Gasteiger partial charge in [-0.1, -0.05) is 0 Å². The van der Waals surface area contributed by atoms with Gasteiger partial charge in [0.05, 0.1) is 22.7 Å². The summed E-state index contributed by atoms with van der Waals surface area (Å²) in [5, 5.41) is 15.0. The summed E-state index contributed by atoms with van der Waals surface area (Å²) < 4.78 is 26.2. The van der Waals surface area contributed by atoms with E-state index in [1.807, 2.05) is 4.68 Å². The summed E-state index contributed by atoms with van der Waals surface area (Å²) in [5.41, 5.74) is 0.864. The topological polar surface area (TPSA) is 89.8 Å². The predicted octanol–water partition coefficient (Wildman–Crippen LogP) is 1.95. The molecule has 4 rings (SSSR count). The molecule has 0 spiro atoms. The standard InChI is InChI=1S/C15H19N5O2S/c21-23(22,14-8-9-14)13-6-4-11(5-7-13)16-10-15-17-18-19-20(15)12-2-1-3-12/h4-7,12,14,16H,1-3,8-10H2. The summed E-state index contributed by atoms with van der Waals surface area (Å²) >= 11 is 0. The lowest BCUT2D eigenvalue weighted by Crippen LogP contribution is -2.21. The van der Waals surface area contributed by atoms with Crippen LogP contribution in [0.25, 0.3) is 0 Å². The minimum atomic E-state index is -3.12. The number of anilines is 1. The minimum absolute atomic E-state index is 0.173. The van der Waals surface area contributed by atoms with Gasteiger partial charge in [0.1, 0.15) is 0 Å². The van der Waals surface area contributed by atoms with Crippen molar-refractivity contribution in [3.63, 3.8) is 0 Å². The van der Waals surface area contributed by atoms with Crippen molar-refractivity contribution < 1.29 is 8.42 Å². The van der Waals surface area contributed by atoms with Crippen molar-refractivity contribution in [2.24, 2.45) is 0 Å². The molecule has 2 aromatic rings. The van der Waals surface area contributed by atoms with E-state index in [4.69, 9.17) is 0 Å². The fourth-order valence-corrected chi connectivity index (χ4v) is 4.41. The van der Waals surface area contributed by atoms with Crippen LogP contribution in [-0.4, -0.2) is 33.9 Å². The molecule has 0 amide bonds. The molecule has 1 aromatic carbocycles. The molecule has 0 radical (unpaired) electrons. The minimum Gasteiger partial charge on any atom is -0.378 e. The van der Waals surface area contributed by atoms with Crippen molar-refractivity contribution in [2.75, 3.05) is 5.32 Å². The first-order chi connectivity index (χ1) is 11.1. The molecule has 122 valence electrons. The van der Waals surface area contributed by atoms with Crippen LogP contribution in [0.3, 0.4) is 0 Å². The zero-order chi connectivity index (χ0) is 15.9. The van der Waals surface area contributed by atoms with Gasteiger partial charge in [-0.3, -0.25) is 0 Å².